The summed E-state index contributed by atoms with van der Waals surface area (Å²) in [4.78, 5) is 11.6. The highest BCUT2D eigenvalue weighted by atomic mass is 35.5. The Morgan fingerprint density at radius 3 is 2.61 bits per heavy atom. The van der Waals surface area contributed by atoms with E-state index in [0.717, 1.165) is 5.57 Å². The van der Waals surface area contributed by atoms with Gasteiger partial charge in [-0.1, -0.05) is 42.6 Å². The number of anilines is 1. The normalized spacial score (nSPS) is 11.6. The third-order valence-corrected chi connectivity index (χ3v) is 3.08. The van der Waals surface area contributed by atoms with Gasteiger partial charge in [0.1, 0.15) is 0 Å². The van der Waals surface area contributed by atoms with Gasteiger partial charge >= 0.3 is 6.03 Å². The molecular formula is C13H16Cl2N2O. The number of hydrogen-bond acceptors (Lipinski definition) is 1. The monoisotopic (exact) mass is 286 g/mol. The van der Waals surface area contributed by atoms with E-state index in [1.54, 1.807) is 24.4 Å². The Morgan fingerprint density at radius 2 is 2.00 bits per heavy atom. The van der Waals surface area contributed by atoms with E-state index in [1.165, 1.54) is 0 Å². The molecule has 0 aliphatic rings. The van der Waals surface area contributed by atoms with Crippen molar-refractivity contribution in [2.45, 2.75) is 20.8 Å². The van der Waals surface area contributed by atoms with Crippen molar-refractivity contribution in [2.75, 3.05) is 5.32 Å². The van der Waals surface area contributed by atoms with E-state index in [9.17, 15) is 4.79 Å². The average Bonchev–Trinajstić information content (AvgIpc) is 2.30. The summed E-state index contributed by atoms with van der Waals surface area (Å²) in [7, 11) is 0. The molecular weight excluding hydrogens is 271 g/mol. The van der Waals surface area contributed by atoms with Crippen LogP contribution in [-0.2, 0) is 0 Å². The van der Waals surface area contributed by atoms with E-state index >= 15 is 0 Å². The molecule has 0 saturated carbocycles. The lowest BCUT2D eigenvalue weighted by atomic mass is 10.1. The predicted octanol–water partition coefficient (Wildman–Crippen LogP) is 4.67. The van der Waals surface area contributed by atoms with Gasteiger partial charge in [0.2, 0.25) is 0 Å². The van der Waals surface area contributed by atoms with Crippen molar-refractivity contribution < 1.29 is 4.79 Å². The number of benzene rings is 1. The quantitative estimate of drug-likeness (QED) is 0.833. The van der Waals surface area contributed by atoms with Crippen molar-refractivity contribution in [1.82, 2.24) is 5.32 Å². The summed E-state index contributed by atoms with van der Waals surface area (Å²) in [5.74, 6) is 0.389. The summed E-state index contributed by atoms with van der Waals surface area (Å²) < 4.78 is 0. The van der Waals surface area contributed by atoms with Crippen molar-refractivity contribution in [2.24, 2.45) is 5.92 Å². The highest BCUT2D eigenvalue weighted by molar-refractivity contribution is 6.35. The Bertz CT molecular complexity index is 470. The lowest BCUT2D eigenvalue weighted by Gasteiger charge is -2.09. The highest BCUT2D eigenvalue weighted by Crippen LogP contribution is 2.25. The molecule has 0 fully saturated rings. The Morgan fingerprint density at radius 1 is 1.33 bits per heavy atom. The van der Waals surface area contributed by atoms with E-state index in [2.05, 4.69) is 24.5 Å². The van der Waals surface area contributed by atoms with E-state index in [0.29, 0.717) is 21.7 Å². The molecule has 1 aromatic carbocycles. The molecule has 98 valence electrons. The fourth-order valence-corrected chi connectivity index (χ4v) is 1.43. The Kier molecular flexibility index (Phi) is 5.51. The van der Waals surface area contributed by atoms with Crippen molar-refractivity contribution in [1.29, 1.82) is 0 Å². The van der Waals surface area contributed by atoms with Gasteiger partial charge in [0, 0.05) is 11.2 Å². The molecule has 0 atom stereocenters. The van der Waals surface area contributed by atoms with E-state index in [-0.39, 0.29) is 6.03 Å². The third-order valence-electron chi connectivity index (χ3n) is 2.52. The number of rotatable bonds is 3. The van der Waals surface area contributed by atoms with Crippen LogP contribution in [0.2, 0.25) is 10.0 Å². The summed E-state index contributed by atoms with van der Waals surface area (Å²) in [5.41, 5.74) is 1.57. The maximum Gasteiger partial charge on any atom is 0.323 e. The molecule has 0 spiro atoms. The molecule has 0 radical (unpaired) electrons. The van der Waals surface area contributed by atoms with Gasteiger partial charge in [0.05, 0.1) is 10.7 Å². The molecule has 0 aromatic heterocycles. The summed E-state index contributed by atoms with van der Waals surface area (Å²) in [5, 5.41) is 6.24. The second kappa shape index (κ2) is 6.66. The third kappa shape index (κ3) is 4.59. The first kappa shape index (κ1) is 14.9. The Hall–Kier alpha value is -1.19. The summed E-state index contributed by atoms with van der Waals surface area (Å²) >= 11 is 11.8. The molecule has 5 heteroatoms. The SMILES string of the molecule is C/C(=C\NC(=O)Nc1cc(Cl)ccc1Cl)C(C)C. The minimum absolute atomic E-state index is 0.348. The fourth-order valence-electron chi connectivity index (χ4n) is 1.10. The van der Waals surface area contributed by atoms with Crippen molar-refractivity contribution in [3.05, 3.63) is 40.0 Å². The van der Waals surface area contributed by atoms with Crippen LogP contribution in [0.1, 0.15) is 20.8 Å². The predicted molar refractivity (Wildman–Crippen MR) is 77.2 cm³/mol. The van der Waals surface area contributed by atoms with Gasteiger partial charge in [-0.25, -0.2) is 4.79 Å². The first-order valence-corrected chi connectivity index (χ1v) is 6.35. The second-order valence-electron chi connectivity index (χ2n) is 4.27. The van der Waals surface area contributed by atoms with Crippen LogP contribution in [0.25, 0.3) is 0 Å². The number of amides is 2. The second-order valence-corrected chi connectivity index (χ2v) is 5.11. The zero-order chi connectivity index (χ0) is 13.7. The minimum Gasteiger partial charge on any atom is -0.314 e. The van der Waals surface area contributed by atoms with Gasteiger partial charge in [-0.15, -0.1) is 0 Å². The van der Waals surface area contributed by atoms with Crippen molar-refractivity contribution in [3.8, 4) is 0 Å². The van der Waals surface area contributed by atoms with E-state index in [1.807, 2.05) is 6.92 Å². The molecule has 2 N–H and O–H groups in total. The molecule has 0 aliphatic carbocycles. The topological polar surface area (TPSA) is 41.1 Å². The van der Waals surface area contributed by atoms with Crippen LogP contribution in [0.15, 0.2) is 30.0 Å². The summed E-state index contributed by atoms with van der Waals surface area (Å²) in [6.07, 6.45) is 1.68. The number of nitrogens with one attached hydrogen (secondary N) is 2. The lowest BCUT2D eigenvalue weighted by Crippen LogP contribution is -2.24. The maximum atomic E-state index is 11.6. The number of allylic oxidation sites excluding steroid dienone is 1. The molecule has 3 nitrogen and oxygen atoms in total. The zero-order valence-corrected chi connectivity index (χ0v) is 12.1. The van der Waals surface area contributed by atoms with Crippen LogP contribution < -0.4 is 10.6 Å². The largest absolute Gasteiger partial charge is 0.323 e. The number of urea groups is 1. The molecule has 0 heterocycles. The zero-order valence-electron chi connectivity index (χ0n) is 10.6. The molecule has 0 aliphatic heterocycles. The number of carbonyl (C=O) groups excluding carboxylic acids is 1. The van der Waals surface area contributed by atoms with Crippen LogP contribution in [0.3, 0.4) is 0 Å². The van der Waals surface area contributed by atoms with E-state index in [4.69, 9.17) is 23.2 Å². The molecule has 1 rings (SSSR count). The summed E-state index contributed by atoms with van der Waals surface area (Å²) in [6, 6.07) is 4.55. The van der Waals surface area contributed by atoms with Gasteiger partial charge in [-0.05, 0) is 31.0 Å². The van der Waals surface area contributed by atoms with Crippen LogP contribution in [0.4, 0.5) is 10.5 Å². The maximum absolute atomic E-state index is 11.6. The number of carbonyl (C=O) groups is 1. The smallest absolute Gasteiger partial charge is 0.314 e. The average molecular weight is 287 g/mol. The number of halogens is 2. The molecule has 1 aromatic rings. The van der Waals surface area contributed by atoms with Crippen LogP contribution >= 0.6 is 23.2 Å². The lowest BCUT2D eigenvalue weighted by molar-refractivity contribution is 0.255. The van der Waals surface area contributed by atoms with Gasteiger partial charge < -0.3 is 10.6 Å². The Balaban J connectivity index is 2.65. The standard InChI is InChI=1S/C13H16Cl2N2O/c1-8(2)9(3)7-16-13(18)17-12-6-10(14)4-5-11(12)15/h4-8H,1-3H3,(H2,16,17,18)/b9-7+. The first-order valence-electron chi connectivity index (χ1n) is 5.59. The summed E-state index contributed by atoms with van der Waals surface area (Å²) in [6.45, 7) is 6.07. The molecule has 0 bridgehead atoms. The van der Waals surface area contributed by atoms with Gasteiger partial charge in [0.15, 0.2) is 0 Å². The van der Waals surface area contributed by atoms with Crippen LogP contribution in [0, 0.1) is 5.92 Å². The van der Waals surface area contributed by atoms with Crippen molar-refractivity contribution >= 4 is 34.9 Å². The fraction of sp³-hybridized carbons (Fsp3) is 0.308. The first-order chi connectivity index (χ1) is 8.40. The van der Waals surface area contributed by atoms with Gasteiger partial charge in [-0.3, -0.25) is 0 Å². The highest BCUT2D eigenvalue weighted by Gasteiger charge is 2.05. The van der Waals surface area contributed by atoms with Gasteiger partial charge in [0.25, 0.3) is 0 Å². The van der Waals surface area contributed by atoms with E-state index < -0.39 is 0 Å². The van der Waals surface area contributed by atoms with Crippen LogP contribution in [-0.4, -0.2) is 6.03 Å². The van der Waals surface area contributed by atoms with Crippen molar-refractivity contribution in [3.63, 3.8) is 0 Å². The van der Waals surface area contributed by atoms with Crippen LogP contribution in [0.5, 0.6) is 0 Å². The minimum atomic E-state index is -0.348. The molecule has 0 saturated heterocycles. The van der Waals surface area contributed by atoms with Gasteiger partial charge in [-0.2, -0.15) is 0 Å². The molecule has 18 heavy (non-hydrogen) atoms. The number of hydrogen-bond donors (Lipinski definition) is 2. The Labute approximate surface area is 117 Å². The molecule has 2 amide bonds. The molecule has 0 unspecified atom stereocenters.